The number of esters is 1. The Morgan fingerprint density at radius 2 is 1.83 bits per heavy atom. The van der Waals surface area contributed by atoms with Crippen LogP contribution in [0.15, 0.2) is 24.3 Å². The Balaban J connectivity index is 1.64. The van der Waals surface area contributed by atoms with Gasteiger partial charge in [0.2, 0.25) is 11.8 Å². The minimum Gasteiger partial charge on any atom is -0.452 e. The van der Waals surface area contributed by atoms with Crippen LogP contribution in [0.5, 0.6) is 0 Å². The van der Waals surface area contributed by atoms with Crippen molar-refractivity contribution in [1.82, 2.24) is 4.90 Å². The van der Waals surface area contributed by atoms with E-state index >= 15 is 0 Å². The Labute approximate surface area is 169 Å². The van der Waals surface area contributed by atoms with E-state index in [0.29, 0.717) is 18.5 Å². The Hall–Kier alpha value is -3.21. The number of nitriles is 1. The highest BCUT2D eigenvalue weighted by atomic mass is 16.5. The molecule has 1 heterocycles. The third-order valence-corrected chi connectivity index (χ3v) is 5.62. The number of anilines is 1. The molecule has 152 valence electrons. The monoisotopic (exact) mass is 397 g/mol. The van der Waals surface area contributed by atoms with Gasteiger partial charge in [-0.15, -0.1) is 0 Å². The van der Waals surface area contributed by atoms with Crippen molar-refractivity contribution in [2.24, 2.45) is 0 Å². The zero-order chi connectivity index (χ0) is 21.0. The fourth-order valence-electron chi connectivity index (χ4n) is 3.84. The molecular formula is C21H23N3O5. The van der Waals surface area contributed by atoms with Gasteiger partial charge in [0.25, 0.3) is 5.91 Å². The molecule has 1 aromatic carbocycles. The molecule has 8 heteroatoms. The lowest BCUT2D eigenvalue weighted by atomic mass is 9.81. The van der Waals surface area contributed by atoms with Gasteiger partial charge in [-0.1, -0.05) is 25.3 Å². The molecule has 0 aromatic heterocycles. The molecule has 1 aliphatic heterocycles. The van der Waals surface area contributed by atoms with Gasteiger partial charge < -0.3 is 9.64 Å². The molecule has 0 N–H and O–H groups in total. The van der Waals surface area contributed by atoms with Gasteiger partial charge in [0.1, 0.15) is 5.54 Å². The number of rotatable bonds is 5. The maximum atomic E-state index is 12.5. The minimum atomic E-state index is -0.849. The highest BCUT2D eigenvalue weighted by Gasteiger charge is 2.39. The number of hydrogen-bond donors (Lipinski definition) is 0. The van der Waals surface area contributed by atoms with Crippen LogP contribution >= 0.6 is 0 Å². The second-order valence-corrected chi connectivity index (χ2v) is 7.41. The Morgan fingerprint density at radius 1 is 1.17 bits per heavy atom. The second-order valence-electron chi connectivity index (χ2n) is 7.41. The average molecular weight is 397 g/mol. The van der Waals surface area contributed by atoms with Gasteiger partial charge in [0.15, 0.2) is 6.61 Å². The first-order chi connectivity index (χ1) is 13.9. The SMILES string of the molecule is CN(C(=O)COC(=O)c1cccc(N2C(=O)CCC2=O)c1)C1(C#N)CCCCC1. The summed E-state index contributed by atoms with van der Waals surface area (Å²) in [5.74, 6) is -1.80. The summed E-state index contributed by atoms with van der Waals surface area (Å²) < 4.78 is 5.13. The maximum Gasteiger partial charge on any atom is 0.338 e. The number of nitrogens with zero attached hydrogens (tertiary/aromatic N) is 3. The Bertz CT molecular complexity index is 867. The van der Waals surface area contributed by atoms with E-state index in [0.717, 1.165) is 24.2 Å². The van der Waals surface area contributed by atoms with E-state index in [1.165, 1.54) is 17.0 Å². The molecule has 29 heavy (non-hydrogen) atoms. The minimum absolute atomic E-state index is 0.137. The molecule has 2 fully saturated rings. The quantitative estimate of drug-likeness (QED) is 0.557. The van der Waals surface area contributed by atoms with Crippen LogP contribution in [-0.4, -0.2) is 47.8 Å². The van der Waals surface area contributed by atoms with Crippen LogP contribution in [0.3, 0.4) is 0 Å². The van der Waals surface area contributed by atoms with Crippen LogP contribution in [-0.2, 0) is 19.1 Å². The second kappa shape index (κ2) is 8.43. The van der Waals surface area contributed by atoms with Crippen LogP contribution < -0.4 is 4.90 Å². The van der Waals surface area contributed by atoms with Gasteiger partial charge in [0, 0.05) is 19.9 Å². The Morgan fingerprint density at radius 3 is 2.45 bits per heavy atom. The van der Waals surface area contributed by atoms with Crippen LogP contribution in [0.1, 0.15) is 55.3 Å². The third kappa shape index (κ3) is 4.14. The number of benzene rings is 1. The van der Waals surface area contributed by atoms with Crippen molar-refractivity contribution in [3.8, 4) is 6.07 Å². The van der Waals surface area contributed by atoms with Gasteiger partial charge in [-0.05, 0) is 31.0 Å². The zero-order valence-electron chi connectivity index (χ0n) is 16.3. The molecule has 0 atom stereocenters. The molecule has 0 radical (unpaired) electrons. The summed E-state index contributed by atoms with van der Waals surface area (Å²) in [5.41, 5.74) is -0.405. The summed E-state index contributed by atoms with van der Waals surface area (Å²) in [6, 6.07) is 8.26. The molecular weight excluding hydrogens is 374 g/mol. The summed E-state index contributed by atoms with van der Waals surface area (Å²) in [6.45, 7) is -0.482. The predicted molar refractivity (Wildman–Crippen MR) is 103 cm³/mol. The summed E-state index contributed by atoms with van der Waals surface area (Å²) in [6.07, 6.45) is 4.32. The largest absolute Gasteiger partial charge is 0.452 e. The maximum absolute atomic E-state index is 12.5. The number of carbonyl (C=O) groups excluding carboxylic acids is 4. The first-order valence-electron chi connectivity index (χ1n) is 9.69. The molecule has 0 bridgehead atoms. The van der Waals surface area contributed by atoms with Crippen molar-refractivity contribution in [3.63, 3.8) is 0 Å². The lowest BCUT2D eigenvalue weighted by Crippen LogP contribution is -2.51. The van der Waals surface area contributed by atoms with Gasteiger partial charge in [-0.3, -0.25) is 19.3 Å². The van der Waals surface area contributed by atoms with E-state index in [1.807, 2.05) is 0 Å². The molecule has 3 amide bonds. The van der Waals surface area contributed by atoms with E-state index in [2.05, 4.69) is 6.07 Å². The molecule has 0 spiro atoms. The topological polar surface area (TPSA) is 108 Å². The fraction of sp³-hybridized carbons (Fsp3) is 0.476. The van der Waals surface area contributed by atoms with Crippen molar-refractivity contribution in [2.75, 3.05) is 18.6 Å². The zero-order valence-corrected chi connectivity index (χ0v) is 16.3. The van der Waals surface area contributed by atoms with Crippen molar-refractivity contribution < 1.29 is 23.9 Å². The van der Waals surface area contributed by atoms with E-state index in [1.54, 1.807) is 19.2 Å². The third-order valence-electron chi connectivity index (χ3n) is 5.62. The van der Waals surface area contributed by atoms with E-state index < -0.39 is 24.0 Å². The van der Waals surface area contributed by atoms with Crippen LogP contribution in [0.4, 0.5) is 5.69 Å². The molecule has 1 aromatic rings. The molecule has 1 aliphatic carbocycles. The summed E-state index contributed by atoms with van der Waals surface area (Å²) in [4.78, 5) is 51.1. The molecule has 2 aliphatic rings. The standard InChI is InChI=1S/C21H23N3O5/c1-23(21(14-22)10-3-2-4-11-21)19(27)13-29-20(28)15-6-5-7-16(12-15)24-17(25)8-9-18(24)26/h5-7,12H,2-4,8-11,13H2,1H3. The number of carbonyl (C=O) groups is 4. The fourth-order valence-corrected chi connectivity index (χ4v) is 3.84. The first kappa shape index (κ1) is 20.5. The number of hydrogen-bond acceptors (Lipinski definition) is 6. The lowest BCUT2D eigenvalue weighted by molar-refractivity contribution is -0.138. The molecule has 0 unspecified atom stereocenters. The highest BCUT2D eigenvalue weighted by molar-refractivity contribution is 6.20. The van der Waals surface area contributed by atoms with Crippen molar-refractivity contribution in [2.45, 2.75) is 50.5 Å². The number of likely N-dealkylation sites (N-methyl/N-ethyl adjacent to an activating group) is 1. The van der Waals surface area contributed by atoms with Crippen molar-refractivity contribution >= 4 is 29.4 Å². The lowest BCUT2D eigenvalue weighted by Gasteiger charge is -2.38. The average Bonchev–Trinajstić information content (AvgIpc) is 3.09. The summed E-state index contributed by atoms with van der Waals surface area (Å²) in [5, 5.41) is 9.58. The van der Waals surface area contributed by atoms with E-state index in [9.17, 15) is 24.4 Å². The number of imide groups is 1. The number of amides is 3. The first-order valence-corrected chi connectivity index (χ1v) is 9.69. The van der Waals surface area contributed by atoms with Crippen LogP contribution in [0, 0.1) is 11.3 Å². The van der Waals surface area contributed by atoms with Crippen molar-refractivity contribution in [1.29, 1.82) is 5.26 Å². The van der Waals surface area contributed by atoms with Crippen LogP contribution in [0.25, 0.3) is 0 Å². The normalized spacial score (nSPS) is 18.3. The number of ether oxygens (including phenoxy) is 1. The van der Waals surface area contributed by atoms with Crippen LogP contribution in [0.2, 0.25) is 0 Å². The van der Waals surface area contributed by atoms with Crippen molar-refractivity contribution in [3.05, 3.63) is 29.8 Å². The smallest absolute Gasteiger partial charge is 0.338 e. The molecule has 1 saturated carbocycles. The van der Waals surface area contributed by atoms with E-state index in [-0.39, 0.29) is 30.2 Å². The van der Waals surface area contributed by atoms with Gasteiger partial charge >= 0.3 is 5.97 Å². The summed E-state index contributed by atoms with van der Waals surface area (Å²) >= 11 is 0. The van der Waals surface area contributed by atoms with Gasteiger partial charge in [-0.2, -0.15) is 5.26 Å². The molecule has 1 saturated heterocycles. The Kier molecular flexibility index (Phi) is 5.97. The predicted octanol–water partition coefficient (Wildman–Crippen LogP) is 2.18. The van der Waals surface area contributed by atoms with Gasteiger partial charge in [-0.25, -0.2) is 4.79 Å². The summed E-state index contributed by atoms with van der Waals surface area (Å²) in [7, 11) is 1.57. The van der Waals surface area contributed by atoms with Gasteiger partial charge in [0.05, 0.1) is 17.3 Å². The molecule has 8 nitrogen and oxygen atoms in total. The van der Waals surface area contributed by atoms with E-state index in [4.69, 9.17) is 4.74 Å². The molecule has 3 rings (SSSR count). The highest BCUT2D eigenvalue weighted by Crippen LogP contribution is 2.32.